The van der Waals surface area contributed by atoms with Crippen molar-refractivity contribution >= 4 is 5.97 Å². The molecule has 0 bridgehead atoms. The van der Waals surface area contributed by atoms with Gasteiger partial charge in [-0.15, -0.1) is 0 Å². The molecule has 0 saturated carbocycles. The van der Waals surface area contributed by atoms with E-state index in [1.807, 2.05) is 6.92 Å². The van der Waals surface area contributed by atoms with Gasteiger partial charge in [-0.25, -0.2) is 4.79 Å². The van der Waals surface area contributed by atoms with E-state index in [4.69, 9.17) is 9.47 Å². The molecule has 0 aromatic rings. The van der Waals surface area contributed by atoms with Gasteiger partial charge in [-0.1, -0.05) is 32.4 Å². The van der Waals surface area contributed by atoms with Gasteiger partial charge in [0, 0.05) is 12.0 Å². The maximum Gasteiger partial charge on any atom is 0.336 e. The largest absolute Gasteiger partial charge is 0.463 e. The molecule has 0 spiro atoms. The minimum Gasteiger partial charge on any atom is -0.463 e. The number of hydrogen-bond acceptors (Lipinski definition) is 3. The third-order valence-electron chi connectivity index (χ3n) is 2.00. The van der Waals surface area contributed by atoms with E-state index in [2.05, 4.69) is 13.5 Å². The first-order valence-corrected chi connectivity index (χ1v) is 5.74. The van der Waals surface area contributed by atoms with Gasteiger partial charge in [-0.05, 0) is 20.3 Å². The van der Waals surface area contributed by atoms with E-state index in [9.17, 15) is 4.79 Å². The van der Waals surface area contributed by atoms with Crippen LogP contribution < -0.4 is 0 Å². The number of carbonyl (C=O) groups excluding carboxylic acids is 1. The normalized spacial score (nSPS) is 12.4. The van der Waals surface area contributed by atoms with Crippen LogP contribution in [0, 0.1) is 0 Å². The summed E-state index contributed by atoms with van der Waals surface area (Å²) in [5.41, 5.74) is 0.393. The summed E-state index contributed by atoms with van der Waals surface area (Å²) in [5.74, 6) is -0.397. The Morgan fingerprint density at radius 3 is 2.62 bits per heavy atom. The van der Waals surface area contributed by atoms with Crippen LogP contribution in [0.1, 0.15) is 46.5 Å². The van der Waals surface area contributed by atoms with E-state index in [1.165, 1.54) is 0 Å². The zero-order valence-corrected chi connectivity index (χ0v) is 10.5. The highest BCUT2D eigenvalue weighted by Crippen LogP contribution is 2.10. The standard InChI is InChI=1S/C13H22O3/c1-5-7-8-9-12(15-10-6-2)16-13(14)11(3)4/h6,10,12H,3,5,7-9H2,1-2,4H3/b10-6+. The lowest BCUT2D eigenvalue weighted by Gasteiger charge is -2.17. The average Bonchev–Trinajstić information content (AvgIpc) is 2.25. The molecule has 0 aromatic carbocycles. The summed E-state index contributed by atoms with van der Waals surface area (Å²) in [7, 11) is 0. The van der Waals surface area contributed by atoms with Crippen molar-refractivity contribution in [3.8, 4) is 0 Å². The summed E-state index contributed by atoms with van der Waals surface area (Å²) in [4.78, 5) is 11.3. The molecule has 0 saturated heterocycles. The van der Waals surface area contributed by atoms with Crippen molar-refractivity contribution < 1.29 is 14.3 Å². The predicted molar refractivity (Wildman–Crippen MR) is 64.7 cm³/mol. The molecule has 0 amide bonds. The highest BCUT2D eigenvalue weighted by Gasteiger charge is 2.14. The van der Waals surface area contributed by atoms with Crippen molar-refractivity contribution in [1.82, 2.24) is 0 Å². The van der Waals surface area contributed by atoms with Crippen molar-refractivity contribution in [3.05, 3.63) is 24.5 Å². The Morgan fingerprint density at radius 1 is 1.44 bits per heavy atom. The van der Waals surface area contributed by atoms with Gasteiger partial charge in [-0.2, -0.15) is 0 Å². The lowest BCUT2D eigenvalue weighted by molar-refractivity contribution is -0.165. The van der Waals surface area contributed by atoms with Gasteiger partial charge < -0.3 is 9.47 Å². The molecule has 0 N–H and O–H groups in total. The summed E-state index contributed by atoms with van der Waals surface area (Å²) in [6, 6.07) is 0. The zero-order valence-electron chi connectivity index (χ0n) is 10.5. The molecule has 0 radical (unpaired) electrons. The number of allylic oxidation sites excluding steroid dienone is 1. The molecule has 3 heteroatoms. The molecular weight excluding hydrogens is 204 g/mol. The monoisotopic (exact) mass is 226 g/mol. The van der Waals surface area contributed by atoms with Crippen molar-refractivity contribution in [2.75, 3.05) is 0 Å². The third-order valence-corrected chi connectivity index (χ3v) is 2.00. The van der Waals surface area contributed by atoms with E-state index >= 15 is 0 Å². The van der Waals surface area contributed by atoms with Gasteiger partial charge in [-0.3, -0.25) is 0 Å². The Morgan fingerprint density at radius 2 is 2.12 bits per heavy atom. The summed E-state index contributed by atoms with van der Waals surface area (Å²) in [5, 5.41) is 0. The van der Waals surface area contributed by atoms with Crippen LogP contribution in [0.25, 0.3) is 0 Å². The Balaban J connectivity index is 4.08. The topological polar surface area (TPSA) is 35.5 Å². The molecule has 0 aliphatic heterocycles. The first-order valence-electron chi connectivity index (χ1n) is 5.74. The fraction of sp³-hybridized carbons (Fsp3) is 0.615. The summed E-state index contributed by atoms with van der Waals surface area (Å²) in [6.07, 6.45) is 6.76. The van der Waals surface area contributed by atoms with Crippen LogP contribution in [0.5, 0.6) is 0 Å². The van der Waals surface area contributed by atoms with E-state index < -0.39 is 12.3 Å². The van der Waals surface area contributed by atoms with Crippen molar-refractivity contribution in [3.63, 3.8) is 0 Å². The minimum absolute atomic E-state index is 0.393. The maximum atomic E-state index is 11.3. The Hall–Kier alpha value is -1.25. The first-order chi connectivity index (χ1) is 7.61. The molecule has 0 aliphatic rings. The number of carbonyl (C=O) groups is 1. The number of hydrogen-bond donors (Lipinski definition) is 0. The van der Waals surface area contributed by atoms with Crippen molar-refractivity contribution in [2.45, 2.75) is 52.7 Å². The summed E-state index contributed by atoms with van der Waals surface area (Å²) < 4.78 is 10.4. The first kappa shape index (κ1) is 14.8. The van der Waals surface area contributed by atoms with Crippen LogP contribution in [0.4, 0.5) is 0 Å². The summed E-state index contributed by atoms with van der Waals surface area (Å²) >= 11 is 0. The molecule has 0 heterocycles. The predicted octanol–water partition coefficient (Wildman–Crippen LogP) is 3.56. The van der Waals surface area contributed by atoms with Crippen molar-refractivity contribution in [1.29, 1.82) is 0 Å². The number of esters is 1. The maximum absolute atomic E-state index is 11.3. The molecule has 0 rings (SSSR count). The van der Waals surface area contributed by atoms with Crippen LogP contribution in [0.2, 0.25) is 0 Å². The molecular formula is C13H22O3. The molecule has 1 atom stereocenters. The fourth-order valence-electron chi connectivity index (χ4n) is 1.10. The van der Waals surface area contributed by atoms with E-state index in [-0.39, 0.29) is 0 Å². The number of unbranched alkanes of at least 4 members (excludes halogenated alkanes) is 2. The summed E-state index contributed by atoms with van der Waals surface area (Å²) in [6.45, 7) is 9.14. The molecule has 0 aliphatic carbocycles. The average molecular weight is 226 g/mol. The quantitative estimate of drug-likeness (QED) is 0.209. The van der Waals surface area contributed by atoms with Gasteiger partial charge in [0.15, 0.2) is 0 Å². The number of ether oxygens (including phenoxy) is 2. The Kier molecular flexibility index (Phi) is 8.31. The molecule has 1 unspecified atom stereocenters. The second-order valence-electron chi connectivity index (χ2n) is 3.72. The van der Waals surface area contributed by atoms with Crippen LogP contribution >= 0.6 is 0 Å². The van der Waals surface area contributed by atoms with Gasteiger partial charge in [0.05, 0.1) is 6.26 Å². The molecule has 0 aromatic heterocycles. The second-order valence-corrected chi connectivity index (χ2v) is 3.72. The molecule has 0 fully saturated rings. The van der Waals surface area contributed by atoms with Gasteiger partial charge in [0.25, 0.3) is 0 Å². The molecule has 16 heavy (non-hydrogen) atoms. The Bertz CT molecular complexity index is 244. The van der Waals surface area contributed by atoms with Crippen molar-refractivity contribution in [2.24, 2.45) is 0 Å². The van der Waals surface area contributed by atoms with E-state index in [1.54, 1.807) is 19.3 Å². The van der Waals surface area contributed by atoms with E-state index in [0.717, 1.165) is 25.7 Å². The SMILES string of the molecule is C=C(C)C(=O)OC(CCCCC)O/C=C/C. The fourth-order valence-corrected chi connectivity index (χ4v) is 1.10. The third kappa shape index (κ3) is 7.10. The number of rotatable bonds is 8. The van der Waals surface area contributed by atoms with Gasteiger partial charge in [0.2, 0.25) is 6.29 Å². The van der Waals surface area contributed by atoms with Crippen LogP contribution in [-0.4, -0.2) is 12.3 Å². The van der Waals surface area contributed by atoms with Gasteiger partial charge >= 0.3 is 5.97 Å². The highest BCUT2D eigenvalue weighted by molar-refractivity contribution is 5.86. The van der Waals surface area contributed by atoms with Crippen LogP contribution in [0.15, 0.2) is 24.5 Å². The van der Waals surface area contributed by atoms with E-state index in [0.29, 0.717) is 5.57 Å². The van der Waals surface area contributed by atoms with Crippen LogP contribution in [0.3, 0.4) is 0 Å². The smallest absolute Gasteiger partial charge is 0.336 e. The lowest BCUT2D eigenvalue weighted by Crippen LogP contribution is -2.20. The highest BCUT2D eigenvalue weighted by atomic mass is 16.7. The van der Waals surface area contributed by atoms with Crippen LogP contribution in [-0.2, 0) is 14.3 Å². The second kappa shape index (κ2) is 9.01. The minimum atomic E-state index is -0.494. The zero-order chi connectivity index (χ0) is 12.4. The molecule has 92 valence electrons. The van der Waals surface area contributed by atoms with Gasteiger partial charge in [0.1, 0.15) is 0 Å². The Labute approximate surface area is 98.1 Å². The lowest BCUT2D eigenvalue weighted by atomic mass is 10.2. The molecule has 3 nitrogen and oxygen atoms in total.